The first kappa shape index (κ1) is 21.5. The number of carbonyl (C=O) groups is 1. The van der Waals surface area contributed by atoms with Crippen molar-refractivity contribution in [3.8, 4) is 11.8 Å². The van der Waals surface area contributed by atoms with Gasteiger partial charge in [-0.25, -0.2) is 5.06 Å². The van der Waals surface area contributed by atoms with Crippen molar-refractivity contribution in [1.29, 1.82) is 5.26 Å². The summed E-state index contributed by atoms with van der Waals surface area (Å²) in [5.41, 5.74) is 1.07. The molecule has 1 aliphatic heterocycles. The molecule has 0 bridgehead atoms. The first-order valence-corrected chi connectivity index (χ1v) is 10.2. The Morgan fingerprint density at radius 3 is 2.69 bits per heavy atom. The van der Waals surface area contributed by atoms with Crippen molar-refractivity contribution in [1.82, 2.24) is 10.0 Å². The molecule has 1 amide bonds. The largest absolute Gasteiger partial charge is 0.485 e. The molecule has 0 saturated heterocycles. The lowest BCUT2D eigenvalue weighted by atomic mass is 9.85. The van der Waals surface area contributed by atoms with E-state index in [1.165, 1.54) is 11.3 Å². The molecule has 1 aromatic heterocycles. The number of hydrogen-bond acceptors (Lipinski definition) is 6. The van der Waals surface area contributed by atoms with Crippen molar-refractivity contribution in [3.63, 3.8) is 0 Å². The number of rotatable bonds is 5. The van der Waals surface area contributed by atoms with Crippen LogP contribution in [0.15, 0.2) is 73.1 Å². The van der Waals surface area contributed by atoms with Gasteiger partial charge in [0, 0.05) is 18.0 Å². The van der Waals surface area contributed by atoms with Crippen LogP contribution in [0.25, 0.3) is 0 Å². The molecule has 1 aliphatic rings. The van der Waals surface area contributed by atoms with Crippen molar-refractivity contribution in [2.24, 2.45) is 0 Å². The highest BCUT2D eigenvalue weighted by atomic mass is 16.7. The minimum Gasteiger partial charge on any atom is -0.485 e. The van der Waals surface area contributed by atoms with E-state index in [9.17, 15) is 15.2 Å². The Hall–Kier alpha value is -3.73. The van der Waals surface area contributed by atoms with E-state index in [0.717, 1.165) is 5.56 Å². The highest BCUT2D eigenvalue weighted by Gasteiger charge is 2.48. The first-order valence-electron chi connectivity index (χ1n) is 10.2. The molecule has 162 valence electrons. The third-order valence-corrected chi connectivity index (χ3v) is 5.42. The maximum atomic E-state index is 13.5. The van der Waals surface area contributed by atoms with Crippen LogP contribution in [0.4, 0.5) is 0 Å². The highest BCUT2D eigenvalue weighted by molar-refractivity contribution is 5.93. The molecule has 0 radical (unpaired) electrons. The van der Waals surface area contributed by atoms with E-state index in [1.807, 2.05) is 30.3 Å². The number of aliphatic hydroxyl groups is 1. The van der Waals surface area contributed by atoms with Gasteiger partial charge in [0.25, 0.3) is 5.91 Å². The summed E-state index contributed by atoms with van der Waals surface area (Å²) in [4.78, 5) is 23.6. The molecule has 7 nitrogen and oxygen atoms in total. The molecule has 0 unspecified atom stereocenters. The van der Waals surface area contributed by atoms with Crippen molar-refractivity contribution < 1.29 is 19.5 Å². The number of benzene rings is 2. The zero-order chi connectivity index (χ0) is 22.7. The Bertz CT molecular complexity index is 1140. The number of amides is 1. The van der Waals surface area contributed by atoms with Crippen molar-refractivity contribution in [3.05, 3.63) is 95.3 Å². The molecule has 0 aliphatic carbocycles. The van der Waals surface area contributed by atoms with E-state index in [4.69, 9.17) is 9.57 Å². The summed E-state index contributed by atoms with van der Waals surface area (Å²) in [6.07, 6.45) is 1.90. The van der Waals surface area contributed by atoms with E-state index in [1.54, 1.807) is 50.4 Å². The minimum absolute atomic E-state index is 0.116. The number of hydroxylamine groups is 2. The van der Waals surface area contributed by atoms with Gasteiger partial charge < -0.3 is 9.84 Å². The first-order chi connectivity index (χ1) is 15.4. The lowest BCUT2D eigenvalue weighted by molar-refractivity contribution is -0.206. The summed E-state index contributed by atoms with van der Waals surface area (Å²) in [5, 5.41) is 21.9. The Balaban J connectivity index is 1.80. The molecule has 32 heavy (non-hydrogen) atoms. The molecule has 2 aromatic carbocycles. The van der Waals surface area contributed by atoms with Crippen molar-refractivity contribution in [2.75, 3.05) is 0 Å². The molecule has 2 heterocycles. The number of nitrogens with zero attached hydrogens (tertiary/aromatic N) is 3. The smallest absolute Gasteiger partial charge is 0.279 e. The van der Waals surface area contributed by atoms with Gasteiger partial charge >= 0.3 is 0 Å². The molecule has 0 saturated carbocycles. The standard InChI is InChI=1S/C25H23N3O4/c1-25(2)23(29)22(20-13-18(14-26)10-11-21(20)32-25)28(24(30)19-9-6-12-27-15-19)31-16-17-7-4-3-5-8-17/h3-13,15,22-23,29H,16H2,1-2H3/t22-,23+/m0/s1. The second-order valence-electron chi connectivity index (χ2n) is 8.09. The molecule has 2 atom stereocenters. The van der Waals surface area contributed by atoms with Crippen LogP contribution in [0.1, 0.15) is 46.9 Å². The number of hydrogen-bond donors (Lipinski definition) is 1. The molecule has 7 heteroatoms. The molecule has 3 aromatic rings. The fourth-order valence-corrected chi connectivity index (χ4v) is 3.69. The van der Waals surface area contributed by atoms with Gasteiger partial charge in [-0.3, -0.25) is 14.6 Å². The predicted octanol–water partition coefficient (Wildman–Crippen LogP) is 3.80. The van der Waals surface area contributed by atoms with Crippen LogP contribution in [0.5, 0.6) is 5.75 Å². The van der Waals surface area contributed by atoms with Gasteiger partial charge in [0.1, 0.15) is 30.1 Å². The van der Waals surface area contributed by atoms with Gasteiger partial charge in [0.05, 0.1) is 17.2 Å². The third-order valence-electron chi connectivity index (χ3n) is 5.42. The average molecular weight is 429 g/mol. The maximum Gasteiger partial charge on any atom is 0.279 e. The zero-order valence-corrected chi connectivity index (χ0v) is 17.8. The normalized spacial score (nSPS) is 18.7. The van der Waals surface area contributed by atoms with Crippen LogP contribution in [-0.2, 0) is 11.4 Å². The zero-order valence-electron chi connectivity index (χ0n) is 17.8. The lowest BCUT2D eigenvalue weighted by Crippen LogP contribution is -2.54. The van der Waals surface area contributed by atoms with Gasteiger partial charge in [-0.15, -0.1) is 0 Å². The number of fused-ring (bicyclic) bond motifs is 1. The summed E-state index contributed by atoms with van der Waals surface area (Å²) < 4.78 is 5.99. The second kappa shape index (κ2) is 8.79. The van der Waals surface area contributed by atoms with Crippen molar-refractivity contribution in [2.45, 2.75) is 38.2 Å². The van der Waals surface area contributed by atoms with E-state index in [2.05, 4.69) is 11.1 Å². The Kier molecular flexibility index (Phi) is 5.91. The molecule has 0 spiro atoms. The monoisotopic (exact) mass is 429 g/mol. The Labute approximate surface area is 186 Å². The molecular formula is C25H23N3O4. The fourth-order valence-electron chi connectivity index (χ4n) is 3.69. The summed E-state index contributed by atoms with van der Waals surface area (Å²) in [5.74, 6) is 0.0284. The Morgan fingerprint density at radius 2 is 2.00 bits per heavy atom. The lowest BCUT2D eigenvalue weighted by Gasteiger charge is -2.45. The fraction of sp³-hybridized carbons (Fsp3) is 0.240. The van der Waals surface area contributed by atoms with Crippen LogP contribution >= 0.6 is 0 Å². The summed E-state index contributed by atoms with van der Waals surface area (Å²) in [6.45, 7) is 3.61. The SMILES string of the molecule is CC1(C)Oc2ccc(C#N)cc2[C@H](N(OCc2ccccc2)C(=O)c2cccnc2)[C@H]1O. The van der Waals surface area contributed by atoms with Gasteiger partial charge in [-0.05, 0) is 49.7 Å². The van der Waals surface area contributed by atoms with Crippen LogP contribution in [0.3, 0.4) is 0 Å². The van der Waals surface area contributed by atoms with Gasteiger partial charge in [-0.2, -0.15) is 5.26 Å². The number of ether oxygens (including phenoxy) is 1. The molecule has 4 rings (SSSR count). The maximum absolute atomic E-state index is 13.5. The van der Waals surface area contributed by atoms with Crippen molar-refractivity contribution >= 4 is 5.91 Å². The quantitative estimate of drug-likeness (QED) is 0.620. The van der Waals surface area contributed by atoms with Crippen LogP contribution in [0.2, 0.25) is 0 Å². The van der Waals surface area contributed by atoms with Crippen LogP contribution in [0, 0.1) is 11.3 Å². The number of aromatic nitrogens is 1. The van der Waals surface area contributed by atoms with E-state index < -0.39 is 23.7 Å². The number of nitriles is 1. The summed E-state index contributed by atoms with van der Waals surface area (Å²) in [6, 6.07) is 18.9. The topological polar surface area (TPSA) is 95.7 Å². The van der Waals surface area contributed by atoms with E-state index in [0.29, 0.717) is 22.4 Å². The van der Waals surface area contributed by atoms with E-state index in [-0.39, 0.29) is 6.61 Å². The van der Waals surface area contributed by atoms with Gasteiger partial charge in [-0.1, -0.05) is 30.3 Å². The summed E-state index contributed by atoms with van der Waals surface area (Å²) >= 11 is 0. The summed E-state index contributed by atoms with van der Waals surface area (Å²) in [7, 11) is 0. The van der Waals surface area contributed by atoms with Gasteiger partial charge in [0.15, 0.2) is 0 Å². The second-order valence-corrected chi connectivity index (χ2v) is 8.09. The molecule has 0 fully saturated rings. The van der Waals surface area contributed by atoms with Crippen LogP contribution in [-0.4, -0.2) is 32.8 Å². The number of aliphatic hydroxyl groups excluding tert-OH is 1. The average Bonchev–Trinajstić information content (AvgIpc) is 2.82. The predicted molar refractivity (Wildman–Crippen MR) is 116 cm³/mol. The van der Waals surface area contributed by atoms with E-state index >= 15 is 0 Å². The van der Waals surface area contributed by atoms with Crippen LogP contribution < -0.4 is 4.74 Å². The third kappa shape index (κ3) is 4.19. The number of carbonyl (C=O) groups excluding carboxylic acids is 1. The molecular weight excluding hydrogens is 406 g/mol. The highest BCUT2D eigenvalue weighted by Crippen LogP contribution is 2.44. The molecule has 1 N–H and O–H groups in total. The number of pyridine rings is 1. The van der Waals surface area contributed by atoms with Gasteiger partial charge in [0.2, 0.25) is 0 Å². The Morgan fingerprint density at radius 1 is 1.22 bits per heavy atom. The minimum atomic E-state index is -1.12.